The number of hydrogen-bond acceptors (Lipinski definition) is 4. The Morgan fingerprint density at radius 1 is 1.00 bits per heavy atom. The fourth-order valence-corrected chi connectivity index (χ4v) is 3.54. The number of sulfonamides is 1. The van der Waals surface area contributed by atoms with Crippen molar-refractivity contribution in [3.8, 4) is 22.4 Å². The predicted molar refractivity (Wildman–Crippen MR) is 84.4 cm³/mol. The molecule has 1 heterocycles. The van der Waals surface area contributed by atoms with Crippen molar-refractivity contribution in [2.24, 2.45) is 5.14 Å². The molecule has 0 aliphatic rings. The van der Waals surface area contributed by atoms with Gasteiger partial charge in [0.05, 0.1) is 16.1 Å². The molecule has 6 heteroatoms. The Bertz CT molecular complexity index is 858. The first-order chi connectivity index (χ1) is 10.1. The molecule has 4 nitrogen and oxygen atoms in total. The van der Waals surface area contributed by atoms with Gasteiger partial charge < -0.3 is 0 Å². The fourth-order valence-electron chi connectivity index (χ4n) is 2.23. The molecule has 0 unspecified atom stereocenters. The number of nitrogens with two attached hydrogens (primary N) is 1. The Morgan fingerprint density at radius 3 is 2.38 bits per heavy atom. The van der Waals surface area contributed by atoms with Crippen LogP contribution in [0, 0.1) is 0 Å². The fraction of sp³-hybridized carbons (Fsp3) is 0. The Balaban J connectivity index is 2.36. The summed E-state index contributed by atoms with van der Waals surface area (Å²) in [6.45, 7) is 0. The molecule has 0 radical (unpaired) electrons. The van der Waals surface area contributed by atoms with E-state index in [4.69, 9.17) is 5.14 Å². The maximum absolute atomic E-state index is 11.9. The first-order valence-corrected chi connectivity index (χ1v) is 8.66. The monoisotopic (exact) mass is 316 g/mol. The van der Waals surface area contributed by atoms with Crippen molar-refractivity contribution >= 4 is 21.4 Å². The van der Waals surface area contributed by atoms with Crippen molar-refractivity contribution in [3.63, 3.8) is 0 Å². The lowest BCUT2D eigenvalue weighted by Gasteiger charge is -2.12. The molecule has 0 atom stereocenters. The molecule has 0 aliphatic heterocycles. The summed E-state index contributed by atoms with van der Waals surface area (Å²) >= 11 is 1.41. The number of hydrogen-bond donors (Lipinski definition) is 1. The van der Waals surface area contributed by atoms with E-state index in [1.54, 1.807) is 11.6 Å². The molecule has 106 valence electrons. The first kappa shape index (κ1) is 13.9. The average Bonchev–Trinajstić information content (AvgIpc) is 3.00. The van der Waals surface area contributed by atoms with Gasteiger partial charge in [-0.2, -0.15) is 0 Å². The second kappa shape index (κ2) is 5.40. The first-order valence-electron chi connectivity index (χ1n) is 6.17. The number of benzene rings is 2. The number of primary sulfonamides is 1. The van der Waals surface area contributed by atoms with Gasteiger partial charge in [0.25, 0.3) is 0 Å². The molecule has 0 saturated carbocycles. The van der Waals surface area contributed by atoms with Crippen LogP contribution in [0.2, 0.25) is 0 Å². The van der Waals surface area contributed by atoms with Gasteiger partial charge in [-0.25, -0.2) is 18.5 Å². The summed E-state index contributed by atoms with van der Waals surface area (Å²) in [7, 11) is -3.83. The molecule has 3 rings (SSSR count). The molecular formula is C15H12N2O2S2. The Kier molecular flexibility index (Phi) is 3.59. The van der Waals surface area contributed by atoms with Crippen LogP contribution in [0.15, 0.2) is 64.3 Å². The summed E-state index contributed by atoms with van der Waals surface area (Å²) in [6, 6.07) is 14.7. The van der Waals surface area contributed by atoms with Gasteiger partial charge in [-0.3, -0.25) is 0 Å². The van der Waals surface area contributed by atoms with Crippen molar-refractivity contribution in [1.82, 2.24) is 4.98 Å². The van der Waals surface area contributed by atoms with Crippen LogP contribution in [0.4, 0.5) is 0 Å². The van der Waals surface area contributed by atoms with Crippen LogP contribution in [0.3, 0.4) is 0 Å². The standard InChI is InChI=1S/C15H12N2O2S2/c16-21(18,19)14-8-4-7-12(11-5-2-1-3-6-11)15(14)13-9-20-10-17-13/h1-10H,(H2,16,18,19). The quantitative estimate of drug-likeness (QED) is 0.807. The van der Waals surface area contributed by atoms with Crippen LogP contribution < -0.4 is 5.14 Å². The minimum Gasteiger partial charge on any atom is -0.245 e. The van der Waals surface area contributed by atoms with Crippen molar-refractivity contribution < 1.29 is 8.42 Å². The Morgan fingerprint density at radius 2 is 1.76 bits per heavy atom. The minimum atomic E-state index is -3.83. The van der Waals surface area contributed by atoms with E-state index < -0.39 is 10.0 Å². The highest BCUT2D eigenvalue weighted by molar-refractivity contribution is 7.89. The molecular weight excluding hydrogens is 304 g/mol. The van der Waals surface area contributed by atoms with Crippen LogP contribution in [-0.2, 0) is 10.0 Å². The van der Waals surface area contributed by atoms with Crippen LogP contribution >= 0.6 is 11.3 Å². The third kappa shape index (κ3) is 2.73. The maximum Gasteiger partial charge on any atom is 0.238 e. The van der Waals surface area contributed by atoms with E-state index in [1.807, 2.05) is 41.8 Å². The van der Waals surface area contributed by atoms with E-state index >= 15 is 0 Å². The molecule has 1 aromatic heterocycles. The lowest BCUT2D eigenvalue weighted by Crippen LogP contribution is -2.14. The largest absolute Gasteiger partial charge is 0.245 e. The van der Waals surface area contributed by atoms with E-state index in [9.17, 15) is 8.42 Å². The average molecular weight is 316 g/mol. The van der Waals surface area contributed by atoms with Crippen molar-refractivity contribution in [2.45, 2.75) is 4.90 Å². The molecule has 2 aromatic carbocycles. The van der Waals surface area contributed by atoms with Gasteiger partial charge in [0.15, 0.2) is 0 Å². The molecule has 0 saturated heterocycles. The minimum absolute atomic E-state index is 0.0924. The molecule has 21 heavy (non-hydrogen) atoms. The summed E-state index contributed by atoms with van der Waals surface area (Å²) in [5.41, 5.74) is 4.55. The normalized spacial score (nSPS) is 11.5. The molecule has 3 aromatic rings. The Hall–Kier alpha value is -2.02. The topological polar surface area (TPSA) is 73.1 Å². The summed E-state index contributed by atoms with van der Waals surface area (Å²) in [4.78, 5) is 4.34. The number of rotatable bonds is 3. The van der Waals surface area contributed by atoms with Gasteiger partial charge in [-0.05, 0) is 17.2 Å². The third-order valence-electron chi connectivity index (χ3n) is 3.11. The summed E-state index contributed by atoms with van der Waals surface area (Å²) in [5, 5.41) is 7.17. The van der Waals surface area contributed by atoms with E-state index in [1.165, 1.54) is 17.4 Å². The van der Waals surface area contributed by atoms with Crippen LogP contribution in [0.25, 0.3) is 22.4 Å². The van der Waals surface area contributed by atoms with Gasteiger partial charge >= 0.3 is 0 Å². The van der Waals surface area contributed by atoms with E-state index in [-0.39, 0.29) is 4.90 Å². The van der Waals surface area contributed by atoms with E-state index in [0.717, 1.165) is 11.1 Å². The van der Waals surface area contributed by atoms with Gasteiger partial charge in [-0.1, -0.05) is 42.5 Å². The number of nitrogens with zero attached hydrogens (tertiary/aromatic N) is 1. The van der Waals surface area contributed by atoms with Gasteiger partial charge in [-0.15, -0.1) is 11.3 Å². The maximum atomic E-state index is 11.9. The molecule has 0 amide bonds. The molecule has 0 bridgehead atoms. The Labute approximate surface area is 127 Å². The second-order valence-corrected chi connectivity index (χ2v) is 6.71. The molecule has 2 N–H and O–H groups in total. The van der Waals surface area contributed by atoms with Gasteiger partial charge in [0.1, 0.15) is 0 Å². The highest BCUT2D eigenvalue weighted by atomic mass is 32.2. The zero-order valence-corrected chi connectivity index (χ0v) is 12.6. The van der Waals surface area contributed by atoms with Crippen LogP contribution in [-0.4, -0.2) is 13.4 Å². The zero-order chi connectivity index (χ0) is 14.9. The van der Waals surface area contributed by atoms with Crippen LogP contribution in [0.1, 0.15) is 0 Å². The van der Waals surface area contributed by atoms with Gasteiger partial charge in [0, 0.05) is 10.9 Å². The number of aromatic nitrogens is 1. The highest BCUT2D eigenvalue weighted by Gasteiger charge is 2.20. The van der Waals surface area contributed by atoms with Crippen LogP contribution in [0.5, 0.6) is 0 Å². The zero-order valence-electron chi connectivity index (χ0n) is 10.9. The predicted octanol–water partition coefficient (Wildman–Crippen LogP) is 3.12. The highest BCUT2D eigenvalue weighted by Crippen LogP contribution is 2.36. The second-order valence-electron chi connectivity index (χ2n) is 4.46. The lowest BCUT2D eigenvalue weighted by atomic mass is 9.98. The van der Waals surface area contributed by atoms with Crippen molar-refractivity contribution in [3.05, 3.63) is 59.4 Å². The third-order valence-corrected chi connectivity index (χ3v) is 4.65. The summed E-state index contributed by atoms with van der Waals surface area (Å²) in [5.74, 6) is 0. The van der Waals surface area contributed by atoms with Crippen molar-refractivity contribution in [1.29, 1.82) is 0 Å². The molecule has 0 fully saturated rings. The van der Waals surface area contributed by atoms with Crippen molar-refractivity contribution in [2.75, 3.05) is 0 Å². The summed E-state index contributed by atoms with van der Waals surface area (Å²) < 4.78 is 23.8. The molecule has 0 aliphatic carbocycles. The SMILES string of the molecule is NS(=O)(=O)c1cccc(-c2ccccc2)c1-c1cscn1. The lowest BCUT2D eigenvalue weighted by molar-refractivity contribution is 0.598. The van der Waals surface area contributed by atoms with Gasteiger partial charge in [0.2, 0.25) is 10.0 Å². The smallest absolute Gasteiger partial charge is 0.238 e. The summed E-state index contributed by atoms with van der Waals surface area (Å²) in [6.07, 6.45) is 0. The van der Waals surface area contributed by atoms with E-state index in [2.05, 4.69) is 4.98 Å². The van der Waals surface area contributed by atoms with E-state index in [0.29, 0.717) is 11.3 Å². The number of thiazole rings is 1. The molecule has 0 spiro atoms.